The maximum Gasteiger partial charge on any atom is 0.407 e. The highest BCUT2D eigenvalue weighted by molar-refractivity contribution is 5.79. The molecule has 0 aliphatic carbocycles. The summed E-state index contributed by atoms with van der Waals surface area (Å²) >= 11 is 0. The standard InChI is InChI=1S/C18H29FN4O2/c1-18(2,3)25-17(24)23-11-6-10-21-16(20-4)22-12-9-14-7-5-8-15(19)13-14/h5,7-8,13H,6,9-12H2,1-4H3,(H,23,24)(H2,20,21,22). The summed E-state index contributed by atoms with van der Waals surface area (Å²) in [6.07, 6.45) is 1.03. The van der Waals surface area contributed by atoms with Crippen LogP contribution in [0.5, 0.6) is 0 Å². The number of hydrogen-bond donors (Lipinski definition) is 3. The third-order valence-electron chi connectivity index (χ3n) is 3.13. The first-order valence-electron chi connectivity index (χ1n) is 8.46. The molecule has 0 atom stereocenters. The number of benzene rings is 1. The van der Waals surface area contributed by atoms with Crippen molar-refractivity contribution in [3.63, 3.8) is 0 Å². The smallest absolute Gasteiger partial charge is 0.407 e. The fourth-order valence-corrected chi connectivity index (χ4v) is 2.04. The second-order valence-electron chi connectivity index (χ2n) is 6.59. The third-order valence-corrected chi connectivity index (χ3v) is 3.13. The Balaban J connectivity index is 2.15. The molecule has 0 aliphatic rings. The molecule has 0 heterocycles. The number of halogens is 1. The van der Waals surface area contributed by atoms with Crippen LogP contribution in [0.3, 0.4) is 0 Å². The number of amides is 1. The van der Waals surface area contributed by atoms with Gasteiger partial charge in [0.1, 0.15) is 11.4 Å². The van der Waals surface area contributed by atoms with E-state index in [9.17, 15) is 9.18 Å². The normalized spacial score (nSPS) is 11.8. The van der Waals surface area contributed by atoms with Crippen LogP contribution in [0.2, 0.25) is 0 Å². The van der Waals surface area contributed by atoms with Crippen LogP contribution < -0.4 is 16.0 Å². The fourth-order valence-electron chi connectivity index (χ4n) is 2.04. The van der Waals surface area contributed by atoms with Gasteiger partial charge in [0.15, 0.2) is 5.96 Å². The van der Waals surface area contributed by atoms with E-state index in [1.54, 1.807) is 13.1 Å². The number of ether oxygens (including phenoxy) is 1. The van der Waals surface area contributed by atoms with Gasteiger partial charge in [-0.2, -0.15) is 0 Å². The van der Waals surface area contributed by atoms with E-state index in [2.05, 4.69) is 20.9 Å². The molecule has 0 bridgehead atoms. The van der Waals surface area contributed by atoms with E-state index in [1.165, 1.54) is 12.1 Å². The van der Waals surface area contributed by atoms with E-state index in [0.717, 1.165) is 12.0 Å². The molecular weight excluding hydrogens is 323 g/mol. The molecule has 0 unspecified atom stereocenters. The number of nitrogens with zero attached hydrogens (tertiary/aromatic N) is 1. The molecule has 6 nitrogen and oxygen atoms in total. The molecule has 0 fully saturated rings. The van der Waals surface area contributed by atoms with Gasteiger partial charge in [-0.15, -0.1) is 0 Å². The topological polar surface area (TPSA) is 74.8 Å². The van der Waals surface area contributed by atoms with Crippen LogP contribution in [0.25, 0.3) is 0 Å². The summed E-state index contributed by atoms with van der Waals surface area (Å²) in [6, 6.07) is 6.56. The minimum Gasteiger partial charge on any atom is -0.444 e. The maximum atomic E-state index is 13.1. The van der Waals surface area contributed by atoms with Crippen molar-refractivity contribution in [3.8, 4) is 0 Å². The Morgan fingerprint density at radius 3 is 2.48 bits per heavy atom. The number of guanidine groups is 1. The second-order valence-corrected chi connectivity index (χ2v) is 6.59. The highest BCUT2D eigenvalue weighted by atomic mass is 19.1. The van der Waals surface area contributed by atoms with Gasteiger partial charge < -0.3 is 20.7 Å². The average Bonchev–Trinajstić information content (AvgIpc) is 2.51. The number of rotatable bonds is 7. The summed E-state index contributed by atoms with van der Waals surface area (Å²) in [4.78, 5) is 15.6. The van der Waals surface area contributed by atoms with Gasteiger partial charge in [-0.05, 0) is 51.3 Å². The van der Waals surface area contributed by atoms with Crippen molar-refractivity contribution < 1.29 is 13.9 Å². The number of carbonyl (C=O) groups excluding carboxylic acids is 1. The van der Waals surface area contributed by atoms with Crippen LogP contribution in [-0.4, -0.2) is 44.3 Å². The Labute approximate surface area is 149 Å². The van der Waals surface area contributed by atoms with Gasteiger partial charge in [0.05, 0.1) is 0 Å². The zero-order chi connectivity index (χ0) is 18.7. The molecular formula is C18H29FN4O2. The van der Waals surface area contributed by atoms with E-state index < -0.39 is 11.7 Å². The zero-order valence-electron chi connectivity index (χ0n) is 15.5. The van der Waals surface area contributed by atoms with Crippen LogP contribution in [0.4, 0.5) is 9.18 Å². The Bertz CT molecular complexity index is 570. The minimum absolute atomic E-state index is 0.225. The van der Waals surface area contributed by atoms with E-state index in [0.29, 0.717) is 32.0 Å². The maximum absolute atomic E-state index is 13.1. The van der Waals surface area contributed by atoms with Crippen LogP contribution in [0, 0.1) is 5.82 Å². The van der Waals surface area contributed by atoms with Crippen molar-refractivity contribution in [2.75, 3.05) is 26.7 Å². The van der Waals surface area contributed by atoms with E-state index in [4.69, 9.17) is 4.74 Å². The second kappa shape index (κ2) is 10.5. The van der Waals surface area contributed by atoms with Crippen molar-refractivity contribution in [3.05, 3.63) is 35.6 Å². The van der Waals surface area contributed by atoms with Crippen LogP contribution >= 0.6 is 0 Å². The number of nitrogens with one attached hydrogen (secondary N) is 3. The van der Waals surface area contributed by atoms with Gasteiger partial charge in [-0.25, -0.2) is 9.18 Å². The predicted octanol–water partition coefficient (Wildman–Crippen LogP) is 2.45. The molecule has 1 aromatic rings. The number of alkyl carbamates (subject to hydrolysis) is 1. The largest absolute Gasteiger partial charge is 0.444 e. The van der Waals surface area contributed by atoms with Crippen LogP contribution in [0.1, 0.15) is 32.8 Å². The minimum atomic E-state index is -0.490. The van der Waals surface area contributed by atoms with Gasteiger partial charge in [0.2, 0.25) is 0 Å². The van der Waals surface area contributed by atoms with Crippen LogP contribution in [-0.2, 0) is 11.2 Å². The molecule has 7 heteroatoms. The Morgan fingerprint density at radius 1 is 1.16 bits per heavy atom. The Morgan fingerprint density at radius 2 is 1.84 bits per heavy atom. The zero-order valence-corrected chi connectivity index (χ0v) is 15.5. The van der Waals surface area contributed by atoms with Gasteiger partial charge >= 0.3 is 6.09 Å². The number of hydrogen-bond acceptors (Lipinski definition) is 3. The summed E-state index contributed by atoms with van der Waals surface area (Å²) < 4.78 is 18.3. The summed E-state index contributed by atoms with van der Waals surface area (Å²) in [7, 11) is 1.69. The first kappa shape index (κ1) is 20.7. The van der Waals surface area contributed by atoms with Gasteiger partial charge in [-0.1, -0.05) is 12.1 Å². The quantitative estimate of drug-likeness (QED) is 0.400. The molecule has 0 aromatic heterocycles. The van der Waals surface area contributed by atoms with E-state index in [1.807, 2.05) is 26.8 Å². The summed E-state index contributed by atoms with van der Waals surface area (Å²) in [5, 5.41) is 9.04. The van der Waals surface area contributed by atoms with Gasteiger partial charge in [-0.3, -0.25) is 4.99 Å². The third kappa shape index (κ3) is 10.2. The van der Waals surface area contributed by atoms with Gasteiger partial charge in [0, 0.05) is 26.7 Å². The molecule has 0 radical (unpaired) electrons. The molecule has 1 rings (SSSR count). The molecule has 140 valence electrons. The summed E-state index contributed by atoms with van der Waals surface area (Å²) in [5.41, 5.74) is 0.445. The molecule has 0 spiro atoms. The van der Waals surface area contributed by atoms with Gasteiger partial charge in [0.25, 0.3) is 0 Å². The monoisotopic (exact) mass is 352 g/mol. The Kier molecular flexibility index (Phi) is 8.74. The first-order chi connectivity index (χ1) is 11.8. The lowest BCUT2D eigenvalue weighted by Gasteiger charge is -2.19. The lowest BCUT2D eigenvalue weighted by molar-refractivity contribution is 0.0527. The van der Waals surface area contributed by atoms with E-state index >= 15 is 0 Å². The molecule has 0 saturated carbocycles. The predicted molar refractivity (Wildman–Crippen MR) is 98.3 cm³/mol. The first-order valence-corrected chi connectivity index (χ1v) is 8.46. The average molecular weight is 352 g/mol. The molecule has 25 heavy (non-hydrogen) atoms. The van der Waals surface area contributed by atoms with Crippen molar-refractivity contribution in [2.24, 2.45) is 4.99 Å². The van der Waals surface area contributed by atoms with Crippen molar-refractivity contribution in [2.45, 2.75) is 39.2 Å². The number of carbonyl (C=O) groups is 1. The lowest BCUT2D eigenvalue weighted by Crippen LogP contribution is -2.40. The summed E-state index contributed by atoms with van der Waals surface area (Å²) in [5.74, 6) is 0.450. The number of aliphatic imine (C=N–C) groups is 1. The SMILES string of the molecule is CN=C(NCCCNC(=O)OC(C)(C)C)NCCc1cccc(F)c1. The molecule has 0 aliphatic heterocycles. The fraction of sp³-hybridized carbons (Fsp3) is 0.556. The van der Waals surface area contributed by atoms with Crippen molar-refractivity contribution >= 4 is 12.1 Å². The molecule has 0 saturated heterocycles. The summed E-state index contributed by atoms with van der Waals surface area (Å²) in [6.45, 7) is 7.31. The van der Waals surface area contributed by atoms with Crippen molar-refractivity contribution in [1.82, 2.24) is 16.0 Å². The molecule has 1 aromatic carbocycles. The Hall–Kier alpha value is -2.31. The lowest BCUT2D eigenvalue weighted by atomic mass is 10.1. The molecule has 3 N–H and O–H groups in total. The highest BCUT2D eigenvalue weighted by Crippen LogP contribution is 2.06. The van der Waals surface area contributed by atoms with Crippen LogP contribution in [0.15, 0.2) is 29.3 Å². The van der Waals surface area contributed by atoms with Crippen molar-refractivity contribution in [1.29, 1.82) is 0 Å². The highest BCUT2D eigenvalue weighted by Gasteiger charge is 2.15. The molecule has 1 amide bonds. The van der Waals surface area contributed by atoms with E-state index in [-0.39, 0.29) is 5.82 Å².